The second-order valence-corrected chi connectivity index (χ2v) is 5.22. The van der Waals surface area contributed by atoms with Crippen LogP contribution in [-0.2, 0) is 4.74 Å². The van der Waals surface area contributed by atoms with Crippen molar-refractivity contribution < 1.29 is 13.5 Å². The van der Waals surface area contributed by atoms with E-state index >= 15 is 0 Å². The van der Waals surface area contributed by atoms with Crippen LogP contribution in [0.5, 0.6) is 0 Å². The predicted octanol–water partition coefficient (Wildman–Crippen LogP) is 2.71. The van der Waals surface area contributed by atoms with Crippen molar-refractivity contribution in [2.24, 2.45) is 17.7 Å². The lowest BCUT2D eigenvalue weighted by molar-refractivity contribution is 0.0117. The monoisotopic (exact) mass is 264 g/mol. The van der Waals surface area contributed by atoms with Gasteiger partial charge < -0.3 is 4.74 Å². The zero-order valence-electron chi connectivity index (χ0n) is 11.2. The van der Waals surface area contributed by atoms with Crippen molar-refractivity contribution in [3.05, 3.63) is 0 Å². The van der Waals surface area contributed by atoms with Crippen molar-refractivity contribution in [1.82, 2.24) is 5.43 Å². The Balaban J connectivity index is 2.20. The first kappa shape index (κ1) is 15.8. The van der Waals surface area contributed by atoms with E-state index in [4.69, 9.17) is 10.6 Å². The lowest BCUT2D eigenvalue weighted by Crippen LogP contribution is -2.43. The highest BCUT2D eigenvalue weighted by atomic mass is 19.3. The van der Waals surface area contributed by atoms with Crippen molar-refractivity contribution >= 4 is 0 Å². The zero-order valence-corrected chi connectivity index (χ0v) is 11.2. The van der Waals surface area contributed by atoms with Gasteiger partial charge in [0.25, 0.3) is 6.43 Å². The molecule has 1 aliphatic carbocycles. The van der Waals surface area contributed by atoms with Gasteiger partial charge in [-0.2, -0.15) is 0 Å². The highest BCUT2D eigenvalue weighted by Gasteiger charge is 2.26. The largest absolute Gasteiger partial charge is 0.375 e. The van der Waals surface area contributed by atoms with E-state index < -0.39 is 13.0 Å². The smallest absolute Gasteiger partial charge is 0.261 e. The first-order valence-corrected chi connectivity index (χ1v) is 6.99. The third kappa shape index (κ3) is 5.59. The number of ether oxygens (including phenoxy) is 1. The summed E-state index contributed by atoms with van der Waals surface area (Å²) in [5.41, 5.74) is 2.83. The molecular formula is C13H26F2N2O. The maximum Gasteiger partial charge on any atom is 0.261 e. The molecule has 0 heterocycles. The molecule has 3 N–H and O–H groups in total. The van der Waals surface area contributed by atoms with Crippen LogP contribution in [0.25, 0.3) is 0 Å². The molecule has 5 heteroatoms. The topological polar surface area (TPSA) is 47.3 Å². The van der Waals surface area contributed by atoms with Gasteiger partial charge in [0, 0.05) is 12.6 Å². The number of hydrogen-bond acceptors (Lipinski definition) is 3. The van der Waals surface area contributed by atoms with E-state index in [1.165, 1.54) is 32.1 Å². The normalized spacial score (nSPS) is 26.5. The van der Waals surface area contributed by atoms with Gasteiger partial charge in [-0.15, -0.1) is 0 Å². The molecule has 0 aliphatic heterocycles. The summed E-state index contributed by atoms with van der Waals surface area (Å²) in [5.74, 6) is 6.98. The van der Waals surface area contributed by atoms with Gasteiger partial charge in [-0.05, 0) is 31.1 Å². The molecular weight excluding hydrogens is 238 g/mol. The Morgan fingerprint density at radius 2 is 1.94 bits per heavy atom. The molecule has 1 aliphatic rings. The van der Waals surface area contributed by atoms with Crippen LogP contribution in [0.4, 0.5) is 8.78 Å². The van der Waals surface area contributed by atoms with Crippen molar-refractivity contribution in [2.75, 3.05) is 13.2 Å². The van der Waals surface area contributed by atoms with Crippen molar-refractivity contribution in [1.29, 1.82) is 0 Å². The molecule has 0 radical (unpaired) electrons. The number of halogens is 2. The number of nitrogens with one attached hydrogen (secondary N) is 1. The summed E-state index contributed by atoms with van der Waals surface area (Å²) in [6, 6.07) is 0.195. The van der Waals surface area contributed by atoms with Crippen molar-refractivity contribution in [3.63, 3.8) is 0 Å². The molecule has 0 aromatic heterocycles. The van der Waals surface area contributed by atoms with Crippen LogP contribution >= 0.6 is 0 Å². The lowest BCUT2D eigenvalue weighted by Gasteiger charge is -2.33. The van der Waals surface area contributed by atoms with Crippen molar-refractivity contribution in [3.8, 4) is 0 Å². The summed E-state index contributed by atoms with van der Waals surface area (Å²) in [5, 5.41) is 0. The molecule has 18 heavy (non-hydrogen) atoms. The summed E-state index contributed by atoms with van der Waals surface area (Å²) in [6.45, 7) is 2.12. The summed E-state index contributed by atoms with van der Waals surface area (Å²) < 4.78 is 28.7. The first-order chi connectivity index (χ1) is 8.67. The van der Waals surface area contributed by atoms with E-state index in [1.807, 2.05) is 0 Å². The molecule has 1 rings (SSSR count). The minimum atomic E-state index is -2.38. The van der Waals surface area contributed by atoms with Gasteiger partial charge in [0.05, 0.1) is 0 Å². The van der Waals surface area contributed by atoms with Crippen LogP contribution in [0.2, 0.25) is 0 Å². The lowest BCUT2D eigenvalue weighted by atomic mass is 9.77. The Kier molecular flexibility index (Phi) is 7.70. The third-order valence-electron chi connectivity index (χ3n) is 4.07. The highest BCUT2D eigenvalue weighted by molar-refractivity contribution is 4.80. The van der Waals surface area contributed by atoms with Gasteiger partial charge in [0.2, 0.25) is 0 Å². The van der Waals surface area contributed by atoms with Gasteiger partial charge in [0.1, 0.15) is 6.61 Å². The van der Waals surface area contributed by atoms with Gasteiger partial charge in [0.15, 0.2) is 0 Å². The molecule has 1 fully saturated rings. The Bertz CT molecular complexity index is 209. The second-order valence-electron chi connectivity index (χ2n) is 5.22. The Labute approximate surface area is 108 Å². The van der Waals surface area contributed by atoms with Gasteiger partial charge in [-0.3, -0.25) is 11.3 Å². The number of hydrogen-bond donors (Lipinski definition) is 2. The Morgan fingerprint density at radius 1 is 1.28 bits per heavy atom. The maximum absolute atomic E-state index is 11.9. The van der Waals surface area contributed by atoms with Gasteiger partial charge in [-0.1, -0.05) is 26.2 Å². The first-order valence-electron chi connectivity index (χ1n) is 6.99. The van der Waals surface area contributed by atoms with Crippen LogP contribution in [-0.4, -0.2) is 25.7 Å². The molecule has 1 atom stereocenters. The fraction of sp³-hybridized carbons (Fsp3) is 1.00. The SMILES string of the molecule is CCC1CCC(C(CCOCC(F)F)NN)CC1. The van der Waals surface area contributed by atoms with E-state index in [1.54, 1.807) is 0 Å². The Morgan fingerprint density at radius 3 is 2.44 bits per heavy atom. The standard InChI is InChI=1S/C13H26F2N2O/c1-2-10-3-5-11(6-4-10)12(17-16)7-8-18-9-13(14)15/h10-13,17H,2-9,16H2,1H3. The predicted molar refractivity (Wildman–Crippen MR) is 68.3 cm³/mol. The summed E-state index contributed by atoms with van der Waals surface area (Å²) in [4.78, 5) is 0. The van der Waals surface area contributed by atoms with E-state index in [2.05, 4.69) is 12.3 Å². The van der Waals surface area contributed by atoms with Crippen LogP contribution < -0.4 is 11.3 Å². The van der Waals surface area contributed by atoms with Crippen LogP contribution in [0, 0.1) is 11.8 Å². The summed E-state index contributed by atoms with van der Waals surface area (Å²) in [6.07, 6.45) is 4.48. The maximum atomic E-state index is 11.9. The van der Waals surface area contributed by atoms with E-state index in [-0.39, 0.29) is 6.04 Å². The van der Waals surface area contributed by atoms with E-state index in [9.17, 15) is 8.78 Å². The highest BCUT2D eigenvalue weighted by Crippen LogP contribution is 2.33. The molecule has 1 saturated carbocycles. The van der Waals surface area contributed by atoms with E-state index in [0.717, 1.165) is 5.92 Å². The van der Waals surface area contributed by atoms with Crippen LogP contribution in [0.1, 0.15) is 45.4 Å². The molecule has 0 bridgehead atoms. The molecule has 0 aromatic rings. The van der Waals surface area contributed by atoms with Crippen LogP contribution in [0.3, 0.4) is 0 Å². The summed E-state index contributed by atoms with van der Waals surface area (Å²) >= 11 is 0. The van der Waals surface area contributed by atoms with Crippen molar-refractivity contribution in [2.45, 2.75) is 57.9 Å². The second kappa shape index (κ2) is 8.77. The number of hydrazine groups is 1. The molecule has 0 amide bonds. The molecule has 108 valence electrons. The molecule has 0 saturated heterocycles. The fourth-order valence-corrected chi connectivity index (χ4v) is 2.84. The Hall–Kier alpha value is -0.260. The summed E-state index contributed by atoms with van der Waals surface area (Å²) in [7, 11) is 0. The molecule has 1 unspecified atom stereocenters. The quantitative estimate of drug-likeness (QED) is 0.402. The average molecular weight is 264 g/mol. The number of nitrogens with two attached hydrogens (primary N) is 1. The minimum Gasteiger partial charge on any atom is -0.375 e. The van der Waals surface area contributed by atoms with E-state index in [0.29, 0.717) is 18.9 Å². The van der Waals surface area contributed by atoms with Gasteiger partial charge in [-0.25, -0.2) is 8.78 Å². The fourth-order valence-electron chi connectivity index (χ4n) is 2.84. The van der Waals surface area contributed by atoms with Gasteiger partial charge >= 0.3 is 0 Å². The number of rotatable bonds is 8. The van der Waals surface area contributed by atoms with Crippen LogP contribution in [0.15, 0.2) is 0 Å². The average Bonchev–Trinajstić information content (AvgIpc) is 2.39. The molecule has 3 nitrogen and oxygen atoms in total. The third-order valence-corrected chi connectivity index (χ3v) is 4.07. The zero-order chi connectivity index (χ0) is 13.4. The molecule has 0 aromatic carbocycles. The number of alkyl halides is 2. The molecule has 0 spiro atoms. The minimum absolute atomic E-state index is 0.195.